The van der Waals surface area contributed by atoms with E-state index in [1.54, 1.807) is 24.3 Å². The first-order valence-electron chi connectivity index (χ1n) is 6.76. The highest BCUT2D eigenvalue weighted by Gasteiger charge is 2.16. The number of para-hydroxylation sites is 1. The van der Waals surface area contributed by atoms with Crippen LogP contribution in [0.4, 0.5) is 0 Å². The molecule has 0 saturated heterocycles. The molecule has 0 unspecified atom stereocenters. The van der Waals surface area contributed by atoms with Crippen molar-refractivity contribution in [1.82, 2.24) is 0 Å². The lowest BCUT2D eigenvalue weighted by atomic mass is 10.0. The molecule has 0 fully saturated rings. The van der Waals surface area contributed by atoms with E-state index in [0.717, 1.165) is 15.6 Å². The maximum atomic E-state index is 12.7. The van der Waals surface area contributed by atoms with Gasteiger partial charge in [0.1, 0.15) is 11.2 Å². The molecular weight excluding hydrogens is 348 g/mol. The van der Waals surface area contributed by atoms with Crippen LogP contribution in [-0.2, 0) is 11.2 Å². The third kappa shape index (κ3) is 2.22. The van der Waals surface area contributed by atoms with E-state index in [9.17, 15) is 9.59 Å². The summed E-state index contributed by atoms with van der Waals surface area (Å²) < 4.78 is 6.79. The van der Waals surface area contributed by atoms with Gasteiger partial charge in [0.05, 0.1) is 17.2 Å². The van der Waals surface area contributed by atoms with E-state index in [1.807, 2.05) is 13.8 Å². The Kier molecular flexibility index (Phi) is 3.53. The van der Waals surface area contributed by atoms with Crippen LogP contribution in [0.3, 0.4) is 0 Å². The summed E-state index contributed by atoms with van der Waals surface area (Å²) in [7, 11) is 0. The van der Waals surface area contributed by atoms with Gasteiger partial charge in [-0.15, -0.1) is 0 Å². The normalized spacial score (nSPS) is 11.2. The topological polar surface area (TPSA) is 67.5 Å². The number of hydrogen-bond donors (Lipinski definition) is 1. The SMILES string of the molecule is Cc1c(Br)cc2c(=O)c3cccc(CC(=O)O)c3oc2c1C. The minimum absolute atomic E-state index is 0.146. The van der Waals surface area contributed by atoms with E-state index in [2.05, 4.69) is 15.9 Å². The second-order valence-electron chi connectivity index (χ2n) is 5.28. The van der Waals surface area contributed by atoms with Gasteiger partial charge in [-0.1, -0.05) is 28.1 Å². The van der Waals surface area contributed by atoms with Gasteiger partial charge >= 0.3 is 5.97 Å². The van der Waals surface area contributed by atoms with Gasteiger partial charge in [0.15, 0.2) is 0 Å². The number of fused-ring (bicyclic) bond motifs is 2. The number of aryl methyl sites for hydroxylation is 1. The Bertz CT molecular complexity index is 986. The molecule has 3 rings (SSSR count). The molecule has 0 saturated carbocycles. The molecule has 0 aliphatic heterocycles. The lowest BCUT2D eigenvalue weighted by Crippen LogP contribution is -2.07. The smallest absolute Gasteiger partial charge is 0.307 e. The Morgan fingerprint density at radius 2 is 1.91 bits per heavy atom. The summed E-state index contributed by atoms with van der Waals surface area (Å²) in [5, 5.41) is 9.92. The van der Waals surface area contributed by atoms with Crippen molar-refractivity contribution in [3.63, 3.8) is 0 Å². The summed E-state index contributed by atoms with van der Waals surface area (Å²) in [4.78, 5) is 23.7. The van der Waals surface area contributed by atoms with E-state index in [0.29, 0.717) is 27.5 Å². The summed E-state index contributed by atoms with van der Waals surface area (Å²) in [5.41, 5.74) is 3.08. The first-order chi connectivity index (χ1) is 10.4. The van der Waals surface area contributed by atoms with Gasteiger partial charge in [-0.05, 0) is 37.1 Å². The molecule has 0 aliphatic rings. The first kappa shape index (κ1) is 14.8. The van der Waals surface area contributed by atoms with Crippen LogP contribution in [0.1, 0.15) is 16.7 Å². The number of carboxylic acids is 1. The third-order valence-electron chi connectivity index (χ3n) is 3.91. The van der Waals surface area contributed by atoms with Crippen molar-refractivity contribution in [2.45, 2.75) is 20.3 Å². The van der Waals surface area contributed by atoms with Crippen molar-refractivity contribution in [3.05, 3.63) is 55.7 Å². The highest BCUT2D eigenvalue weighted by molar-refractivity contribution is 9.10. The molecule has 0 bridgehead atoms. The standard InChI is InChI=1S/C17H13BrO4/c1-8-9(2)16-12(7-13(8)18)15(21)11-5-3-4-10(6-14(19)20)17(11)22-16/h3-5,7H,6H2,1-2H3,(H,19,20). The summed E-state index contributed by atoms with van der Waals surface area (Å²) in [6.07, 6.45) is -0.180. The molecule has 0 spiro atoms. The van der Waals surface area contributed by atoms with E-state index in [-0.39, 0.29) is 11.8 Å². The van der Waals surface area contributed by atoms with Gasteiger partial charge in [-0.3, -0.25) is 9.59 Å². The molecule has 3 aromatic rings. The second-order valence-corrected chi connectivity index (χ2v) is 6.13. The van der Waals surface area contributed by atoms with Crippen LogP contribution in [0, 0.1) is 13.8 Å². The number of rotatable bonds is 2. The van der Waals surface area contributed by atoms with Crippen molar-refractivity contribution in [2.75, 3.05) is 0 Å². The van der Waals surface area contributed by atoms with E-state index >= 15 is 0 Å². The summed E-state index contributed by atoms with van der Waals surface area (Å²) in [6, 6.07) is 6.77. The summed E-state index contributed by atoms with van der Waals surface area (Å²) in [6.45, 7) is 3.82. The van der Waals surface area contributed by atoms with Crippen LogP contribution in [0.2, 0.25) is 0 Å². The predicted molar refractivity (Wildman–Crippen MR) is 88.5 cm³/mol. The Labute approximate surface area is 134 Å². The van der Waals surface area contributed by atoms with Gasteiger partial charge in [0.25, 0.3) is 0 Å². The van der Waals surface area contributed by atoms with Gasteiger partial charge < -0.3 is 9.52 Å². The zero-order chi connectivity index (χ0) is 16.0. The Morgan fingerprint density at radius 1 is 1.18 bits per heavy atom. The molecule has 0 radical (unpaired) electrons. The van der Waals surface area contributed by atoms with Crippen LogP contribution in [-0.4, -0.2) is 11.1 Å². The molecule has 2 aromatic carbocycles. The summed E-state index contributed by atoms with van der Waals surface area (Å²) >= 11 is 3.45. The molecule has 0 amide bonds. The fourth-order valence-electron chi connectivity index (χ4n) is 2.59. The second kappa shape index (κ2) is 5.25. The van der Waals surface area contributed by atoms with Crippen LogP contribution >= 0.6 is 15.9 Å². The van der Waals surface area contributed by atoms with E-state index in [1.165, 1.54) is 0 Å². The Balaban J connectivity index is 2.50. The highest BCUT2D eigenvalue weighted by atomic mass is 79.9. The largest absolute Gasteiger partial charge is 0.481 e. The minimum Gasteiger partial charge on any atom is -0.481 e. The average molecular weight is 361 g/mol. The quantitative estimate of drug-likeness (QED) is 0.702. The number of aliphatic carboxylic acids is 1. The fraction of sp³-hybridized carbons (Fsp3) is 0.176. The van der Waals surface area contributed by atoms with Crippen molar-refractivity contribution in [2.24, 2.45) is 0 Å². The first-order valence-corrected chi connectivity index (χ1v) is 7.55. The predicted octanol–water partition coefficient (Wildman–Crippen LogP) is 3.95. The van der Waals surface area contributed by atoms with Gasteiger partial charge in [-0.25, -0.2) is 0 Å². The van der Waals surface area contributed by atoms with Crippen LogP contribution in [0.15, 0.2) is 37.9 Å². The third-order valence-corrected chi connectivity index (χ3v) is 4.73. The van der Waals surface area contributed by atoms with Gasteiger partial charge in [-0.2, -0.15) is 0 Å². The molecule has 0 atom stereocenters. The van der Waals surface area contributed by atoms with E-state index in [4.69, 9.17) is 9.52 Å². The number of benzene rings is 2. The highest BCUT2D eigenvalue weighted by Crippen LogP contribution is 2.30. The zero-order valence-corrected chi connectivity index (χ0v) is 13.7. The van der Waals surface area contributed by atoms with Crippen molar-refractivity contribution in [1.29, 1.82) is 0 Å². The molecular formula is C17H13BrO4. The van der Waals surface area contributed by atoms with Crippen molar-refractivity contribution < 1.29 is 14.3 Å². The van der Waals surface area contributed by atoms with Gasteiger partial charge in [0.2, 0.25) is 5.43 Å². The Morgan fingerprint density at radius 3 is 2.59 bits per heavy atom. The monoisotopic (exact) mass is 360 g/mol. The molecule has 22 heavy (non-hydrogen) atoms. The Hall–Kier alpha value is -2.14. The number of halogens is 1. The molecule has 1 N–H and O–H groups in total. The lowest BCUT2D eigenvalue weighted by molar-refractivity contribution is -0.136. The van der Waals surface area contributed by atoms with E-state index < -0.39 is 5.97 Å². The molecule has 112 valence electrons. The van der Waals surface area contributed by atoms with Crippen LogP contribution < -0.4 is 5.43 Å². The van der Waals surface area contributed by atoms with Gasteiger partial charge in [0, 0.05) is 10.0 Å². The maximum Gasteiger partial charge on any atom is 0.307 e. The van der Waals surface area contributed by atoms with Crippen molar-refractivity contribution >= 4 is 43.8 Å². The summed E-state index contributed by atoms with van der Waals surface area (Å²) in [5.74, 6) is -0.959. The molecule has 0 aliphatic carbocycles. The lowest BCUT2D eigenvalue weighted by Gasteiger charge is -2.10. The van der Waals surface area contributed by atoms with Crippen LogP contribution in [0.25, 0.3) is 21.9 Å². The fourth-order valence-corrected chi connectivity index (χ4v) is 3.11. The molecule has 1 aromatic heterocycles. The number of carboxylic acid groups (broad SMARTS) is 1. The van der Waals surface area contributed by atoms with Crippen molar-refractivity contribution in [3.8, 4) is 0 Å². The zero-order valence-electron chi connectivity index (χ0n) is 12.1. The van der Waals surface area contributed by atoms with Crippen LogP contribution in [0.5, 0.6) is 0 Å². The molecule has 1 heterocycles. The average Bonchev–Trinajstić information content (AvgIpc) is 2.47. The molecule has 5 heteroatoms. The maximum absolute atomic E-state index is 12.7. The number of hydrogen-bond acceptors (Lipinski definition) is 3. The minimum atomic E-state index is -0.959. The molecule has 4 nitrogen and oxygen atoms in total. The number of carbonyl (C=O) groups is 1.